The Morgan fingerprint density at radius 2 is 2.05 bits per heavy atom. The quantitative estimate of drug-likeness (QED) is 0.481. The molecular weight excluding hydrogens is 275 g/mol. The van der Waals surface area contributed by atoms with Crippen LogP contribution in [0.25, 0.3) is 0 Å². The highest BCUT2D eigenvalue weighted by molar-refractivity contribution is 7.89. The van der Waals surface area contributed by atoms with Crippen LogP contribution in [0.5, 0.6) is 0 Å². The molecule has 0 aromatic heterocycles. The van der Waals surface area contributed by atoms with Gasteiger partial charge in [-0.2, -0.15) is 8.70 Å². The van der Waals surface area contributed by atoms with Gasteiger partial charge in [0.15, 0.2) is 0 Å². The van der Waals surface area contributed by atoms with E-state index in [0.29, 0.717) is 19.0 Å². The van der Waals surface area contributed by atoms with Crippen molar-refractivity contribution < 1.29 is 17.7 Å². The zero-order chi connectivity index (χ0) is 14.0. The van der Waals surface area contributed by atoms with E-state index in [1.807, 2.05) is 6.08 Å². The zero-order valence-corrected chi connectivity index (χ0v) is 10.6. The van der Waals surface area contributed by atoms with Crippen LogP contribution >= 0.6 is 0 Å². The fourth-order valence-electron chi connectivity index (χ4n) is 1.78. The number of nitrogens with zero attached hydrogens (tertiary/aromatic N) is 2. The highest BCUT2D eigenvalue weighted by Gasteiger charge is 2.26. The lowest BCUT2D eigenvalue weighted by Crippen LogP contribution is -2.33. The third-order valence-corrected chi connectivity index (χ3v) is 4.64. The van der Waals surface area contributed by atoms with Gasteiger partial charge in [0.25, 0.3) is 0 Å². The van der Waals surface area contributed by atoms with Gasteiger partial charge in [-0.1, -0.05) is 12.2 Å². The first-order valence-corrected chi connectivity index (χ1v) is 6.96. The van der Waals surface area contributed by atoms with Crippen LogP contribution in [0.3, 0.4) is 0 Å². The molecule has 1 aromatic rings. The van der Waals surface area contributed by atoms with Crippen molar-refractivity contribution in [1.29, 1.82) is 0 Å². The molecule has 0 radical (unpaired) electrons. The highest BCUT2D eigenvalue weighted by atomic mass is 32.2. The number of nitro groups is 1. The molecule has 0 bridgehead atoms. The topological polar surface area (TPSA) is 80.5 Å². The Bertz CT molecular complexity index is 642. The van der Waals surface area contributed by atoms with Crippen molar-refractivity contribution in [1.82, 2.24) is 4.31 Å². The summed E-state index contributed by atoms with van der Waals surface area (Å²) in [6.07, 6.45) is 4.17. The van der Waals surface area contributed by atoms with E-state index in [9.17, 15) is 22.9 Å². The fraction of sp³-hybridized carbons (Fsp3) is 0.273. The Kier molecular flexibility index (Phi) is 3.63. The van der Waals surface area contributed by atoms with E-state index in [-0.39, 0.29) is 11.4 Å². The summed E-state index contributed by atoms with van der Waals surface area (Å²) in [6, 6.07) is 2.60. The standard InChI is InChI=1S/C11H11FN2O4S/c12-10-8-9(4-5-11(10)14(15)16)19(17,18)13-6-2-1-3-7-13/h1-2,4-5,8H,3,6-7H2. The highest BCUT2D eigenvalue weighted by Crippen LogP contribution is 2.24. The minimum absolute atomic E-state index is 0.223. The van der Waals surface area contributed by atoms with Gasteiger partial charge >= 0.3 is 5.69 Å². The Balaban J connectivity index is 2.38. The van der Waals surface area contributed by atoms with E-state index in [0.717, 1.165) is 12.1 Å². The third-order valence-electron chi connectivity index (χ3n) is 2.77. The maximum absolute atomic E-state index is 13.5. The fourth-order valence-corrected chi connectivity index (χ4v) is 3.20. The maximum Gasteiger partial charge on any atom is 0.304 e. The lowest BCUT2D eigenvalue weighted by Gasteiger charge is -2.22. The van der Waals surface area contributed by atoms with Gasteiger partial charge in [-0.15, -0.1) is 0 Å². The average Bonchev–Trinajstić information content (AvgIpc) is 2.39. The number of nitro benzene ring substituents is 1. The molecule has 2 rings (SSSR count). The molecule has 8 heteroatoms. The van der Waals surface area contributed by atoms with Crippen molar-refractivity contribution in [2.75, 3.05) is 13.1 Å². The molecule has 1 aromatic carbocycles. The molecule has 6 nitrogen and oxygen atoms in total. The van der Waals surface area contributed by atoms with Crippen LogP contribution in [0.4, 0.5) is 10.1 Å². The summed E-state index contributed by atoms with van der Waals surface area (Å²) >= 11 is 0. The molecule has 0 fully saturated rings. The van der Waals surface area contributed by atoms with E-state index in [4.69, 9.17) is 0 Å². The Labute approximate surface area is 109 Å². The number of halogens is 1. The minimum atomic E-state index is -3.81. The predicted octanol–water partition coefficient (Wildman–Crippen LogP) is 1.68. The largest absolute Gasteiger partial charge is 0.304 e. The van der Waals surface area contributed by atoms with Gasteiger partial charge in [-0.25, -0.2) is 8.42 Å². The van der Waals surface area contributed by atoms with Crippen molar-refractivity contribution in [3.05, 3.63) is 46.3 Å². The molecule has 0 atom stereocenters. The molecule has 0 saturated heterocycles. The van der Waals surface area contributed by atoms with Gasteiger partial charge in [0.05, 0.1) is 9.82 Å². The SMILES string of the molecule is O=[N+]([O-])c1ccc(S(=O)(=O)N2CC=CCC2)cc1F. The third kappa shape index (κ3) is 2.64. The summed E-state index contributed by atoms with van der Waals surface area (Å²) in [5, 5.41) is 10.5. The van der Waals surface area contributed by atoms with Crippen LogP contribution in [0.1, 0.15) is 6.42 Å². The Morgan fingerprint density at radius 1 is 1.32 bits per heavy atom. The average molecular weight is 286 g/mol. The van der Waals surface area contributed by atoms with Gasteiger partial charge < -0.3 is 0 Å². The van der Waals surface area contributed by atoms with E-state index in [1.54, 1.807) is 6.08 Å². The smallest absolute Gasteiger partial charge is 0.258 e. The molecule has 0 saturated carbocycles. The van der Waals surface area contributed by atoms with Crippen LogP contribution < -0.4 is 0 Å². The first-order chi connectivity index (χ1) is 8.93. The van der Waals surface area contributed by atoms with Crippen LogP contribution in [0.2, 0.25) is 0 Å². The lowest BCUT2D eigenvalue weighted by molar-refractivity contribution is -0.387. The van der Waals surface area contributed by atoms with Gasteiger partial charge in [0.1, 0.15) is 0 Å². The van der Waals surface area contributed by atoms with E-state index in [2.05, 4.69) is 0 Å². The molecule has 0 spiro atoms. The second-order valence-electron chi connectivity index (χ2n) is 3.99. The van der Waals surface area contributed by atoms with Gasteiger partial charge in [0, 0.05) is 25.2 Å². The van der Waals surface area contributed by atoms with Crippen molar-refractivity contribution in [3.8, 4) is 0 Å². The second kappa shape index (κ2) is 5.06. The summed E-state index contributed by atoms with van der Waals surface area (Å²) in [4.78, 5) is 9.32. The van der Waals surface area contributed by atoms with Crippen molar-refractivity contribution in [2.45, 2.75) is 11.3 Å². The monoisotopic (exact) mass is 286 g/mol. The number of hydrogen-bond donors (Lipinski definition) is 0. The van der Waals surface area contributed by atoms with Gasteiger partial charge in [0.2, 0.25) is 15.8 Å². The minimum Gasteiger partial charge on any atom is -0.258 e. The van der Waals surface area contributed by atoms with E-state index < -0.39 is 26.5 Å². The van der Waals surface area contributed by atoms with Gasteiger partial charge in [-0.3, -0.25) is 10.1 Å². The lowest BCUT2D eigenvalue weighted by atomic mass is 10.3. The number of hydrogen-bond acceptors (Lipinski definition) is 4. The summed E-state index contributed by atoms with van der Waals surface area (Å²) in [5.74, 6) is -1.15. The summed E-state index contributed by atoms with van der Waals surface area (Å²) < 4.78 is 39.0. The maximum atomic E-state index is 13.5. The molecule has 1 heterocycles. The number of rotatable bonds is 3. The zero-order valence-electron chi connectivity index (χ0n) is 9.82. The molecule has 0 unspecified atom stereocenters. The number of benzene rings is 1. The molecule has 19 heavy (non-hydrogen) atoms. The summed E-state index contributed by atoms with van der Waals surface area (Å²) in [5.41, 5.74) is -0.738. The molecular formula is C11H11FN2O4S. The Morgan fingerprint density at radius 3 is 2.58 bits per heavy atom. The summed E-state index contributed by atoms with van der Waals surface area (Å²) in [7, 11) is -3.81. The molecule has 0 N–H and O–H groups in total. The molecule has 1 aliphatic rings. The molecule has 102 valence electrons. The normalized spacial score (nSPS) is 16.5. The number of sulfonamides is 1. The van der Waals surface area contributed by atoms with Crippen molar-refractivity contribution in [2.24, 2.45) is 0 Å². The predicted molar refractivity (Wildman–Crippen MR) is 65.6 cm³/mol. The first kappa shape index (κ1) is 13.6. The van der Waals surface area contributed by atoms with Crippen LogP contribution in [0, 0.1) is 15.9 Å². The molecule has 1 aliphatic heterocycles. The van der Waals surface area contributed by atoms with Crippen LogP contribution in [-0.4, -0.2) is 30.7 Å². The van der Waals surface area contributed by atoms with Crippen molar-refractivity contribution >= 4 is 15.7 Å². The van der Waals surface area contributed by atoms with Crippen LogP contribution in [0.15, 0.2) is 35.2 Å². The van der Waals surface area contributed by atoms with Crippen LogP contribution in [-0.2, 0) is 10.0 Å². The Hall–Kier alpha value is -1.80. The molecule has 0 amide bonds. The molecule has 0 aliphatic carbocycles. The summed E-state index contributed by atoms with van der Waals surface area (Å²) in [6.45, 7) is 0.540. The van der Waals surface area contributed by atoms with E-state index in [1.165, 1.54) is 4.31 Å². The van der Waals surface area contributed by atoms with Crippen molar-refractivity contribution in [3.63, 3.8) is 0 Å². The first-order valence-electron chi connectivity index (χ1n) is 5.52. The van der Waals surface area contributed by atoms with E-state index >= 15 is 0 Å². The van der Waals surface area contributed by atoms with Gasteiger partial charge in [-0.05, 0) is 12.5 Å². The second-order valence-corrected chi connectivity index (χ2v) is 5.93.